The third-order valence-electron chi connectivity index (χ3n) is 3.29. The van der Waals surface area contributed by atoms with Gasteiger partial charge in [-0.2, -0.15) is 0 Å². The molecule has 0 bridgehead atoms. The maximum atomic E-state index is 5.57. The first-order valence-corrected chi connectivity index (χ1v) is 11.0. The van der Waals surface area contributed by atoms with Gasteiger partial charge in [-0.25, -0.2) is 15.0 Å². The van der Waals surface area contributed by atoms with Crippen LogP contribution in [0.3, 0.4) is 0 Å². The van der Waals surface area contributed by atoms with Gasteiger partial charge >= 0.3 is 0 Å². The molecule has 5 aromatic rings. The van der Waals surface area contributed by atoms with Crippen molar-refractivity contribution in [3.8, 4) is 0 Å². The Balaban J connectivity index is 0.000000129. The molecular formula is C15H9Br2N5S3. The average Bonchev–Trinajstić information content (AvgIpc) is 3.21. The van der Waals surface area contributed by atoms with Gasteiger partial charge in [-0.1, -0.05) is 11.3 Å². The lowest BCUT2D eigenvalue weighted by molar-refractivity contribution is 1.44. The minimum absolute atomic E-state index is 0.589. The summed E-state index contributed by atoms with van der Waals surface area (Å²) in [5.41, 5.74) is 14.8. The van der Waals surface area contributed by atoms with Gasteiger partial charge in [-0.15, -0.1) is 22.7 Å². The number of halogens is 2. The fraction of sp³-hybridized carbons (Fsp3) is 0. The van der Waals surface area contributed by atoms with E-state index in [0.717, 1.165) is 34.8 Å². The highest BCUT2D eigenvalue weighted by atomic mass is 79.9. The second-order valence-corrected chi connectivity index (χ2v) is 10.6. The molecule has 126 valence electrons. The van der Waals surface area contributed by atoms with Crippen LogP contribution in [0.1, 0.15) is 0 Å². The largest absolute Gasteiger partial charge is 0.399 e. The van der Waals surface area contributed by atoms with Crippen LogP contribution in [0.5, 0.6) is 0 Å². The van der Waals surface area contributed by atoms with Crippen LogP contribution >= 0.6 is 65.9 Å². The SMILES string of the molecule is Brc1nc2ccc3nc(Br)sc3c2s1.Nc1ccc2nc(N)sc2c1. The van der Waals surface area contributed by atoms with Crippen LogP contribution in [0.15, 0.2) is 38.2 Å². The molecule has 3 heterocycles. The summed E-state index contributed by atoms with van der Waals surface area (Å²) >= 11 is 11.5. The Morgan fingerprint density at radius 1 is 0.720 bits per heavy atom. The fourth-order valence-corrected chi connectivity index (χ4v) is 6.12. The van der Waals surface area contributed by atoms with E-state index in [1.54, 1.807) is 22.7 Å². The molecule has 0 aliphatic heterocycles. The summed E-state index contributed by atoms with van der Waals surface area (Å²) in [7, 11) is 0. The number of benzene rings is 2. The standard InChI is InChI=1S/C8H2Br2N2S2.C7H7N3S/c9-7-11-3-1-2-4-6(5(3)13-7)14-8(10)12-4;8-4-1-2-5-6(3-4)11-7(9)10-5/h1-2H;1-3H,8H2,(H2,9,10). The molecule has 3 aromatic heterocycles. The Morgan fingerprint density at radius 3 is 1.88 bits per heavy atom. The van der Waals surface area contributed by atoms with Crippen molar-refractivity contribution in [3.05, 3.63) is 38.2 Å². The lowest BCUT2D eigenvalue weighted by Crippen LogP contribution is -1.81. The minimum atomic E-state index is 0.589. The molecule has 0 spiro atoms. The number of anilines is 2. The van der Waals surface area contributed by atoms with E-state index in [0.29, 0.717) is 5.13 Å². The Hall–Kier alpha value is -1.33. The van der Waals surface area contributed by atoms with Crippen LogP contribution < -0.4 is 11.5 Å². The van der Waals surface area contributed by atoms with E-state index in [1.165, 1.54) is 20.7 Å². The van der Waals surface area contributed by atoms with Crippen molar-refractivity contribution in [1.82, 2.24) is 15.0 Å². The number of hydrogen-bond donors (Lipinski definition) is 2. The molecule has 5 rings (SSSR count). The maximum Gasteiger partial charge on any atom is 0.181 e. The molecular weight excluding hydrogens is 506 g/mol. The van der Waals surface area contributed by atoms with Gasteiger partial charge in [-0.05, 0) is 62.2 Å². The highest BCUT2D eigenvalue weighted by Crippen LogP contribution is 2.37. The molecule has 0 unspecified atom stereocenters. The number of nitrogen functional groups attached to an aromatic ring is 2. The molecule has 0 aliphatic carbocycles. The minimum Gasteiger partial charge on any atom is -0.399 e. The summed E-state index contributed by atoms with van der Waals surface area (Å²) < 4.78 is 5.30. The Labute approximate surface area is 171 Å². The number of aromatic nitrogens is 3. The van der Waals surface area contributed by atoms with E-state index in [1.807, 2.05) is 30.3 Å². The smallest absolute Gasteiger partial charge is 0.181 e. The van der Waals surface area contributed by atoms with Gasteiger partial charge in [0.15, 0.2) is 13.0 Å². The second-order valence-electron chi connectivity index (χ2n) is 4.97. The summed E-state index contributed by atoms with van der Waals surface area (Å²) in [5, 5.41) is 0.589. The van der Waals surface area contributed by atoms with Gasteiger partial charge in [0, 0.05) is 5.69 Å². The Kier molecular flexibility index (Phi) is 4.63. The summed E-state index contributed by atoms with van der Waals surface area (Å²) in [6.45, 7) is 0. The first-order valence-electron chi connectivity index (χ1n) is 6.92. The molecule has 0 radical (unpaired) electrons. The highest BCUT2D eigenvalue weighted by Gasteiger charge is 2.09. The number of hydrogen-bond acceptors (Lipinski definition) is 8. The van der Waals surface area contributed by atoms with Crippen molar-refractivity contribution >= 4 is 107 Å². The predicted molar refractivity (Wildman–Crippen MR) is 117 cm³/mol. The zero-order chi connectivity index (χ0) is 17.6. The monoisotopic (exact) mass is 513 g/mol. The average molecular weight is 515 g/mol. The van der Waals surface area contributed by atoms with Gasteiger partial charge in [-0.3, -0.25) is 0 Å². The van der Waals surface area contributed by atoms with Crippen LogP contribution in [0.25, 0.3) is 30.6 Å². The Morgan fingerprint density at radius 2 is 1.28 bits per heavy atom. The summed E-state index contributed by atoms with van der Waals surface area (Å²) in [6, 6.07) is 9.58. The van der Waals surface area contributed by atoms with Crippen molar-refractivity contribution < 1.29 is 0 Å². The van der Waals surface area contributed by atoms with Gasteiger partial charge in [0.25, 0.3) is 0 Å². The number of fused-ring (bicyclic) bond motifs is 4. The molecule has 2 aromatic carbocycles. The normalized spacial score (nSPS) is 11.1. The van der Waals surface area contributed by atoms with E-state index in [2.05, 4.69) is 46.8 Å². The van der Waals surface area contributed by atoms with E-state index >= 15 is 0 Å². The van der Waals surface area contributed by atoms with E-state index in [4.69, 9.17) is 11.5 Å². The van der Waals surface area contributed by atoms with Crippen molar-refractivity contribution in [2.24, 2.45) is 0 Å². The summed E-state index contributed by atoms with van der Waals surface area (Å²) in [4.78, 5) is 12.8. The molecule has 0 aliphatic rings. The molecule has 0 saturated heterocycles. The van der Waals surface area contributed by atoms with Crippen molar-refractivity contribution in [1.29, 1.82) is 0 Å². The van der Waals surface area contributed by atoms with E-state index in [-0.39, 0.29) is 0 Å². The molecule has 25 heavy (non-hydrogen) atoms. The molecule has 0 saturated carbocycles. The van der Waals surface area contributed by atoms with Crippen LogP contribution in [0.4, 0.5) is 10.8 Å². The zero-order valence-electron chi connectivity index (χ0n) is 12.4. The lowest BCUT2D eigenvalue weighted by Gasteiger charge is -1.88. The maximum absolute atomic E-state index is 5.57. The van der Waals surface area contributed by atoms with E-state index in [9.17, 15) is 0 Å². The summed E-state index contributed by atoms with van der Waals surface area (Å²) in [6.07, 6.45) is 0. The van der Waals surface area contributed by atoms with Crippen molar-refractivity contribution in [2.75, 3.05) is 11.5 Å². The molecule has 10 heteroatoms. The second kappa shape index (κ2) is 6.76. The predicted octanol–water partition coefficient (Wildman–Crippen LogP) is 5.89. The highest BCUT2D eigenvalue weighted by molar-refractivity contribution is 9.11. The van der Waals surface area contributed by atoms with Crippen molar-refractivity contribution in [2.45, 2.75) is 0 Å². The van der Waals surface area contributed by atoms with Gasteiger partial charge in [0.1, 0.15) is 0 Å². The number of rotatable bonds is 0. The van der Waals surface area contributed by atoms with Crippen LogP contribution in [-0.4, -0.2) is 15.0 Å². The molecule has 0 atom stereocenters. The third-order valence-corrected chi connectivity index (χ3v) is 7.35. The number of thiazole rings is 3. The van der Waals surface area contributed by atoms with Gasteiger partial charge in [0.05, 0.1) is 30.6 Å². The molecule has 0 fully saturated rings. The number of nitrogens with zero attached hydrogens (tertiary/aromatic N) is 3. The number of nitrogens with two attached hydrogens (primary N) is 2. The lowest BCUT2D eigenvalue weighted by atomic mass is 10.3. The third kappa shape index (κ3) is 3.49. The van der Waals surface area contributed by atoms with Crippen LogP contribution in [0.2, 0.25) is 0 Å². The molecule has 5 nitrogen and oxygen atoms in total. The van der Waals surface area contributed by atoms with Gasteiger partial charge in [0.2, 0.25) is 0 Å². The quantitative estimate of drug-likeness (QED) is 0.251. The first-order chi connectivity index (χ1) is 12.0. The summed E-state index contributed by atoms with van der Waals surface area (Å²) in [5.74, 6) is 0. The van der Waals surface area contributed by atoms with Gasteiger partial charge < -0.3 is 11.5 Å². The van der Waals surface area contributed by atoms with Crippen molar-refractivity contribution in [3.63, 3.8) is 0 Å². The van der Waals surface area contributed by atoms with E-state index < -0.39 is 0 Å². The molecule has 0 amide bonds. The molecule has 4 N–H and O–H groups in total. The first kappa shape index (κ1) is 17.1. The fourth-order valence-electron chi connectivity index (χ4n) is 2.28. The topological polar surface area (TPSA) is 90.7 Å². The zero-order valence-corrected chi connectivity index (χ0v) is 18.0. The van der Waals surface area contributed by atoms with Crippen LogP contribution in [0, 0.1) is 0 Å². The van der Waals surface area contributed by atoms with Crippen LogP contribution in [-0.2, 0) is 0 Å². The Bertz CT molecular complexity index is 1150.